The molecule has 0 saturated carbocycles. The number of para-hydroxylation sites is 1. The van der Waals surface area contributed by atoms with Gasteiger partial charge in [0.05, 0.1) is 11.7 Å². The molecule has 4 rings (SSSR count). The summed E-state index contributed by atoms with van der Waals surface area (Å²) in [6.07, 6.45) is 0. The van der Waals surface area contributed by atoms with Gasteiger partial charge in [-0.15, -0.1) is 0 Å². The van der Waals surface area contributed by atoms with Crippen LogP contribution in [-0.4, -0.2) is 75.2 Å². The summed E-state index contributed by atoms with van der Waals surface area (Å²) in [6, 6.07) is 26.1. The number of amides is 1. The van der Waals surface area contributed by atoms with Crippen molar-refractivity contribution in [2.45, 2.75) is 6.04 Å². The van der Waals surface area contributed by atoms with Crippen LogP contribution in [0.25, 0.3) is 0 Å². The van der Waals surface area contributed by atoms with Gasteiger partial charge < -0.3 is 4.90 Å². The van der Waals surface area contributed by atoms with Crippen LogP contribution in [0.2, 0.25) is 0 Å². The molecule has 1 amide bonds. The van der Waals surface area contributed by atoms with Crippen molar-refractivity contribution in [2.24, 2.45) is 0 Å². The minimum atomic E-state index is -4.08. The van der Waals surface area contributed by atoms with Gasteiger partial charge in [-0.05, 0) is 23.3 Å². The van der Waals surface area contributed by atoms with Crippen molar-refractivity contribution >= 4 is 21.8 Å². The van der Waals surface area contributed by atoms with Crippen LogP contribution in [0.4, 0.5) is 10.1 Å². The zero-order valence-corrected chi connectivity index (χ0v) is 21.3. The Bertz CT molecular complexity index is 1220. The number of carbonyl (C=O) groups excluding carboxylic acids is 1. The maximum Gasteiger partial charge on any atom is 0.304 e. The molecule has 1 saturated heterocycles. The topological polar surface area (TPSA) is 64.2 Å². The molecular formula is C27H31FN4O3S. The maximum absolute atomic E-state index is 14.5. The third kappa shape index (κ3) is 5.59. The number of halogens is 1. The third-order valence-electron chi connectivity index (χ3n) is 6.40. The van der Waals surface area contributed by atoms with E-state index >= 15 is 0 Å². The molecule has 0 radical (unpaired) electrons. The molecule has 1 heterocycles. The summed E-state index contributed by atoms with van der Waals surface area (Å²) in [5.74, 6) is -1.06. The molecule has 9 heteroatoms. The summed E-state index contributed by atoms with van der Waals surface area (Å²) >= 11 is 0. The number of hydrogen-bond acceptors (Lipinski definition) is 4. The molecule has 1 fully saturated rings. The van der Waals surface area contributed by atoms with Gasteiger partial charge in [0.25, 0.3) is 0 Å². The van der Waals surface area contributed by atoms with Gasteiger partial charge in [0, 0.05) is 40.3 Å². The highest BCUT2D eigenvalue weighted by atomic mass is 32.2. The van der Waals surface area contributed by atoms with Gasteiger partial charge >= 0.3 is 10.2 Å². The quantitative estimate of drug-likeness (QED) is 0.466. The van der Waals surface area contributed by atoms with Gasteiger partial charge in [-0.1, -0.05) is 72.8 Å². The molecule has 0 atom stereocenters. The van der Waals surface area contributed by atoms with Crippen LogP contribution in [0.1, 0.15) is 17.2 Å². The van der Waals surface area contributed by atoms with Gasteiger partial charge in [-0.3, -0.25) is 9.69 Å². The first-order valence-corrected chi connectivity index (χ1v) is 13.2. The lowest BCUT2D eigenvalue weighted by Crippen LogP contribution is -2.53. The van der Waals surface area contributed by atoms with Crippen LogP contribution in [0, 0.1) is 5.82 Å². The predicted molar refractivity (Wildman–Crippen MR) is 139 cm³/mol. The zero-order valence-electron chi connectivity index (χ0n) is 20.5. The van der Waals surface area contributed by atoms with E-state index in [0.717, 1.165) is 8.61 Å². The van der Waals surface area contributed by atoms with E-state index in [4.69, 9.17) is 0 Å². The van der Waals surface area contributed by atoms with Crippen molar-refractivity contribution < 1.29 is 17.6 Å². The molecule has 36 heavy (non-hydrogen) atoms. The molecule has 190 valence electrons. The Morgan fingerprint density at radius 2 is 1.33 bits per heavy atom. The number of benzene rings is 3. The monoisotopic (exact) mass is 510 g/mol. The molecule has 0 N–H and O–H groups in total. The molecule has 1 aliphatic rings. The van der Waals surface area contributed by atoms with E-state index < -0.39 is 22.6 Å². The van der Waals surface area contributed by atoms with Crippen LogP contribution in [0.5, 0.6) is 0 Å². The largest absolute Gasteiger partial charge is 0.339 e. The van der Waals surface area contributed by atoms with Crippen LogP contribution >= 0.6 is 0 Å². The van der Waals surface area contributed by atoms with Crippen LogP contribution in [-0.2, 0) is 15.0 Å². The minimum Gasteiger partial charge on any atom is -0.339 e. The Labute approximate surface area is 212 Å². The highest BCUT2D eigenvalue weighted by molar-refractivity contribution is 7.90. The Hall–Kier alpha value is -3.27. The molecule has 3 aromatic rings. The molecule has 0 aliphatic carbocycles. The number of rotatable bonds is 8. The summed E-state index contributed by atoms with van der Waals surface area (Å²) in [4.78, 5) is 17.2. The second-order valence-electron chi connectivity index (χ2n) is 8.89. The van der Waals surface area contributed by atoms with E-state index in [0.29, 0.717) is 26.2 Å². The maximum atomic E-state index is 14.5. The molecule has 0 bridgehead atoms. The molecule has 1 aliphatic heterocycles. The van der Waals surface area contributed by atoms with E-state index in [1.54, 1.807) is 11.0 Å². The van der Waals surface area contributed by atoms with Gasteiger partial charge in [-0.25, -0.2) is 8.70 Å². The standard InChI is InChI=1S/C27H31FN4O3S/c1-29(2)36(34,35)32(25-16-10-9-15-24(25)28)21-26(33)30-17-19-31(20-18-30)27(22-11-5-3-6-12-22)23-13-7-4-8-14-23/h3-16,27H,17-21H2,1-2H3. The summed E-state index contributed by atoms with van der Waals surface area (Å²) in [5, 5.41) is 0. The lowest BCUT2D eigenvalue weighted by atomic mass is 9.96. The molecule has 0 aromatic heterocycles. The zero-order chi connectivity index (χ0) is 25.7. The number of nitrogens with zero attached hydrogens (tertiary/aromatic N) is 4. The fourth-order valence-corrected chi connectivity index (χ4v) is 5.54. The Kier molecular flexibility index (Phi) is 8.03. The highest BCUT2D eigenvalue weighted by Crippen LogP contribution is 2.30. The van der Waals surface area contributed by atoms with E-state index in [2.05, 4.69) is 29.2 Å². The average molecular weight is 511 g/mol. The second-order valence-corrected chi connectivity index (χ2v) is 11.0. The number of piperazine rings is 1. The SMILES string of the molecule is CN(C)S(=O)(=O)N(CC(=O)N1CCN(C(c2ccccc2)c2ccccc2)CC1)c1ccccc1F. The second kappa shape index (κ2) is 11.2. The first-order valence-electron chi connectivity index (χ1n) is 11.9. The van der Waals surface area contributed by atoms with Crippen molar-refractivity contribution in [3.8, 4) is 0 Å². The first kappa shape index (κ1) is 25.8. The van der Waals surface area contributed by atoms with Crippen molar-refractivity contribution in [2.75, 3.05) is 51.1 Å². The summed E-state index contributed by atoms with van der Waals surface area (Å²) < 4.78 is 42.3. The minimum absolute atomic E-state index is 0.0497. The normalized spacial score (nSPS) is 14.9. The van der Waals surface area contributed by atoms with E-state index in [1.165, 1.54) is 43.4 Å². The van der Waals surface area contributed by atoms with Crippen LogP contribution in [0.15, 0.2) is 84.9 Å². The predicted octanol–water partition coefficient (Wildman–Crippen LogP) is 3.37. The van der Waals surface area contributed by atoms with Gasteiger partial charge in [-0.2, -0.15) is 12.7 Å². The van der Waals surface area contributed by atoms with Crippen molar-refractivity contribution in [1.29, 1.82) is 0 Å². The van der Waals surface area contributed by atoms with Gasteiger partial charge in [0.2, 0.25) is 5.91 Å². The molecule has 3 aromatic carbocycles. The Morgan fingerprint density at radius 1 is 0.833 bits per heavy atom. The summed E-state index contributed by atoms with van der Waals surface area (Å²) in [5.41, 5.74) is 2.20. The number of hydrogen-bond donors (Lipinski definition) is 0. The fraction of sp³-hybridized carbons (Fsp3) is 0.296. The summed E-state index contributed by atoms with van der Waals surface area (Å²) in [7, 11) is -1.35. The van der Waals surface area contributed by atoms with Crippen LogP contribution in [0.3, 0.4) is 0 Å². The molecule has 7 nitrogen and oxygen atoms in total. The Balaban J connectivity index is 1.50. The van der Waals surface area contributed by atoms with Gasteiger partial charge in [0.15, 0.2) is 0 Å². The van der Waals surface area contributed by atoms with Crippen molar-refractivity contribution in [3.05, 3.63) is 102 Å². The van der Waals surface area contributed by atoms with Gasteiger partial charge in [0.1, 0.15) is 12.4 Å². The molecule has 0 unspecified atom stereocenters. The highest BCUT2D eigenvalue weighted by Gasteiger charge is 2.33. The first-order chi connectivity index (χ1) is 17.3. The Morgan fingerprint density at radius 3 is 1.83 bits per heavy atom. The lowest BCUT2D eigenvalue weighted by molar-refractivity contribution is -0.131. The lowest BCUT2D eigenvalue weighted by Gasteiger charge is -2.40. The van der Waals surface area contributed by atoms with E-state index in [9.17, 15) is 17.6 Å². The number of carbonyl (C=O) groups is 1. The van der Waals surface area contributed by atoms with Crippen molar-refractivity contribution in [1.82, 2.24) is 14.1 Å². The third-order valence-corrected chi connectivity index (χ3v) is 8.21. The van der Waals surface area contributed by atoms with E-state index in [1.807, 2.05) is 36.4 Å². The van der Waals surface area contributed by atoms with E-state index in [-0.39, 0.29) is 17.6 Å². The van der Waals surface area contributed by atoms with Crippen molar-refractivity contribution in [3.63, 3.8) is 0 Å². The fourth-order valence-electron chi connectivity index (χ4n) is 4.48. The van der Waals surface area contributed by atoms with Crippen LogP contribution < -0.4 is 4.31 Å². The molecular weight excluding hydrogens is 479 g/mol. The average Bonchev–Trinajstić information content (AvgIpc) is 2.89. The molecule has 0 spiro atoms. The number of anilines is 1. The smallest absolute Gasteiger partial charge is 0.304 e. The summed E-state index contributed by atoms with van der Waals surface area (Å²) in [6.45, 7) is 1.67.